The second kappa shape index (κ2) is 9.11. The predicted octanol–water partition coefficient (Wildman–Crippen LogP) is 4.72. The van der Waals surface area contributed by atoms with Crippen molar-refractivity contribution in [1.29, 1.82) is 0 Å². The van der Waals surface area contributed by atoms with Gasteiger partial charge >= 0.3 is 0 Å². The summed E-state index contributed by atoms with van der Waals surface area (Å²) < 4.78 is 0. The molecule has 1 saturated heterocycles. The van der Waals surface area contributed by atoms with Crippen molar-refractivity contribution in [3.63, 3.8) is 0 Å². The lowest BCUT2D eigenvalue weighted by molar-refractivity contribution is 0.0938. The Balaban J connectivity index is 1.85. The van der Waals surface area contributed by atoms with E-state index in [4.69, 9.17) is 11.6 Å². The molecule has 0 saturated carbocycles. The largest absolute Gasteiger partial charge is 0.371 e. The topological polar surface area (TPSA) is 61.4 Å². The lowest BCUT2D eigenvalue weighted by Gasteiger charge is -2.23. The maximum absolute atomic E-state index is 12.9. The van der Waals surface area contributed by atoms with Crippen molar-refractivity contribution < 1.29 is 9.59 Å². The van der Waals surface area contributed by atoms with E-state index in [2.05, 4.69) is 15.5 Å². The second-order valence-electron chi connectivity index (χ2n) is 7.17. The Bertz CT molecular complexity index is 845. The number of carbonyl (C=O) groups excluding carboxylic acids is 2. The Morgan fingerprint density at radius 1 is 1.07 bits per heavy atom. The van der Waals surface area contributed by atoms with Crippen LogP contribution in [-0.2, 0) is 0 Å². The summed E-state index contributed by atoms with van der Waals surface area (Å²) in [5, 5.41) is 6.49. The highest BCUT2D eigenvalue weighted by Gasteiger charge is 2.21. The van der Waals surface area contributed by atoms with Crippen LogP contribution in [0.2, 0.25) is 5.02 Å². The Labute approximate surface area is 171 Å². The number of anilines is 2. The third-order valence-electron chi connectivity index (χ3n) is 5.04. The van der Waals surface area contributed by atoms with Crippen LogP contribution in [0, 0.1) is 0 Å². The summed E-state index contributed by atoms with van der Waals surface area (Å²) in [7, 11) is 0. The van der Waals surface area contributed by atoms with E-state index >= 15 is 0 Å². The van der Waals surface area contributed by atoms with E-state index in [0.717, 1.165) is 38.0 Å². The zero-order chi connectivity index (χ0) is 20.1. The van der Waals surface area contributed by atoms with Crippen LogP contribution in [-0.4, -0.2) is 30.9 Å². The highest BCUT2D eigenvalue weighted by Crippen LogP contribution is 2.28. The zero-order valence-corrected chi connectivity index (χ0v) is 17.1. The molecule has 0 radical (unpaired) electrons. The third-order valence-corrected chi connectivity index (χ3v) is 5.29. The van der Waals surface area contributed by atoms with Gasteiger partial charge in [-0.05, 0) is 68.7 Å². The molecule has 6 heteroatoms. The van der Waals surface area contributed by atoms with E-state index in [1.165, 1.54) is 0 Å². The molecule has 0 bridgehead atoms. The van der Waals surface area contributed by atoms with E-state index in [9.17, 15) is 9.59 Å². The molecule has 1 atom stereocenters. The molecule has 1 heterocycles. The molecule has 1 aliphatic rings. The van der Waals surface area contributed by atoms with Gasteiger partial charge in [0.05, 0.1) is 5.56 Å². The molecule has 2 N–H and O–H groups in total. The minimum absolute atomic E-state index is 0.0891. The van der Waals surface area contributed by atoms with Gasteiger partial charge in [0.1, 0.15) is 0 Å². The summed E-state index contributed by atoms with van der Waals surface area (Å²) >= 11 is 5.88. The summed E-state index contributed by atoms with van der Waals surface area (Å²) in [4.78, 5) is 27.6. The quantitative estimate of drug-likeness (QED) is 0.738. The first-order chi connectivity index (χ1) is 13.5. The number of halogens is 1. The highest BCUT2D eigenvalue weighted by molar-refractivity contribution is 6.30. The molecule has 0 aromatic heterocycles. The Morgan fingerprint density at radius 2 is 1.75 bits per heavy atom. The molecular weight excluding hydrogens is 374 g/mol. The number of nitrogens with zero attached hydrogens (tertiary/aromatic N) is 1. The van der Waals surface area contributed by atoms with Crippen LogP contribution in [0.15, 0.2) is 42.5 Å². The summed E-state index contributed by atoms with van der Waals surface area (Å²) in [6.45, 7) is 5.91. The van der Waals surface area contributed by atoms with E-state index < -0.39 is 0 Å². The fourth-order valence-electron chi connectivity index (χ4n) is 3.24. The van der Waals surface area contributed by atoms with Crippen molar-refractivity contribution in [3.8, 4) is 0 Å². The summed E-state index contributed by atoms with van der Waals surface area (Å²) in [6.07, 6.45) is 3.11. The summed E-state index contributed by atoms with van der Waals surface area (Å²) in [5.41, 5.74) is 2.62. The minimum Gasteiger partial charge on any atom is -0.371 e. The van der Waals surface area contributed by atoms with Crippen LogP contribution in [0.3, 0.4) is 0 Å². The van der Waals surface area contributed by atoms with Crippen LogP contribution in [0.4, 0.5) is 11.4 Å². The number of amides is 2. The molecule has 28 heavy (non-hydrogen) atoms. The lowest BCUT2D eigenvalue weighted by atomic mass is 10.1. The van der Waals surface area contributed by atoms with Crippen LogP contribution < -0.4 is 15.5 Å². The normalized spacial score (nSPS) is 14.6. The van der Waals surface area contributed by atoms with Gasteiger partial charge in [-0.3, -0.25) is 9.59 Å². The van der Waals surface area contributed by atoms with E-state index in [1.807, 2.05) is 26.0 Å². The average molecular weight is 400 g/mol. The van der Waals surface area contributed by atoms with Gasteiger partial charge in [-0.15, -0.1) is 0 Å². The van der Waals surface area contributed by atoms with Crippen molar-refractivity contribution in [2.24, 2.45) is 0 Å². The van der Waals surface area contributed by atoms with Gasteiger partial charge in [0, 0.05) is 41.1 Å². The molecule has 1 unspecified atom stereocenters. The van der Waals surface area contributed by atoms with Crippen LogP contribution in [0.25, 0.3) is 0 Å². The Hall–Kier alpha value is -2.53. The van der Waals surface area contributed by atoms with Crippen LogP contribution in [0.1, 0.15) is 53.8 Å². The van der Waals surface area contributed by atoms with Gasteiger partial charge in [-0.1, -0.05) is 18.5 Å². The maximum Gasteiger partial charge on any atom is 0.255 e. The van der Waals surface area contributed by atoms with Gasteiger partial charge < -0.3 is 15.5 Å². The van der Waals surface area contributed by atoms with Crippen LogP contribution >= 0.6 is 11.6 Å². The van der Waals surface area contributed by atoms with Crippen molar-refractivity contribution in [1.82, 2.24) is 5.32 Å². The van der Waals surface area contributed by atoms with Gasteiger partial charge in [0.2, 0.25) is 0 Å². The Morgan fingerprint density at radius 3 is 2.39 bits per heavy atom. The molecule has 0 aliphatic carbocycles. The number of carbonyl (C=O) groups is 2. The molecule has 1 fully saturated rings. The first-order valence-corrected chi connectivity index (χ1v) is 10.1. The van der Waals surface area contributed by atoms with Crippen molar-refractivity contribution >= 4 is 34.8 Å². The molecule has 2 aromatic rings. The van der Waals surface area contributed by atoms with Crippen molar-refractivity contribution in [2.75, 3.05) is 23.3 Å². The Kier molecular flexibility index (Phi) is 6.57. The molecule has 5 nitrogen and oxygen atoms in total. The number of benzene rings is 2. The third kappa shape index (κ3) is 4.84. The van der Waals surface area contributed by atoms with Gasteiger partial charge in [0.15, 0.2) is 0 Å². The molecular formula is C22H26ClN3O2. The highest BCUT2D eigenvalue weighted by atomic mass is 35.5. The average Bonchev–Trinajstić information content (AvgIpc) is 3.22. The number of hydrogen-bond donors (Lipinski definition) is 2. The van der Waals surface area contributed by atoms with Gasteiger partial charge in [-0.25, -0.2) is 0 Å². The summed E-state index contributed by atoms with van der Waals surface area (Å²) in [5.74, 6) is -0.349. The molecule has 2 amide bonds. The monoisotopic (exact) mass is 399 g/mol. The van der Waals surface area contributed by atoms with Crippen LogP contribution in [0.5, 0.6) is 0 Å². The standard InChI is InChI=1S/C22H26ClN3O2/c1-3-15(2)24-22(28)19-14-18(10-11-20(19)26-12-4-5-13-26)25-21(27)16-6-8-17(23)9-7-16/h6-11,14-15H,3-5,12-13H2,1-2H3,(H,24,28)(H,25,27). The van der Waals surface area contributed by atoms with Gasteiger partial charge in [-0.2, -0.15) is 0 Å². The van der Waals surface area contributed by atoms with E-state index in [0.29, 0.717) is 21.8 Å². The molecule has 0 spiro atoms. The van der Waals surface area contributed by atoms with Gasteiger partial charge in [0.25, 0.3) is 11.8 Å². The number of nitrogens with one attached hydrogen (secondary N) is 2. The number of rotatable bonds is 6. The molecule has 3 rings (SSSR count). The van der Waals surface area contributed by atoms with Crippen molar-refractivity contribution in [3.05, 3.63) is 58.6 Å². The minimum atomic E-state index is -0.237. The number of hydrogen-bond acceptors (Lipinski definition) is 3. The molecule has 148 valence electrons. The van der Waals surface area contributed by atoms with E-state index in [-0.39, 0.29) is 17.9 Å². The molecule has 2 aromatic carbocycles. The smallest absolute Gasteiger partial charge is 0.255 e. The zero-order valence-electron chi connectivity index (χ0n) is 16.3. The lowest BCUT2D eigenvalue weighted by Crippen LogP contribution is -2.33. The summed E-state index contributed by atoms with van der Waals surface area (Å²) in [6, 6.07) is 12.3. The van der Waals surface area contributed by atoms with Crippen molar-refractivity contribution in [2.45, 2.75) is 39.2 Å². The first-order valence-electron chi connectivity index (χ1n) is 9.74. The maximum atomic E-state index is 12.9. The second-order valence-corrected chi connectivity index (χ2v) is 7.61. The molecule has 1 aliphatic heterocycles. The fraction of sp³-hybridized carbons (Fsp3) is 0.364. The SMILES string of the molecule is CCC(C)NC(=O)c1cc(NC(=O)c2ccc(Cl)cc2)ccc1N1CCCC1. The van der Waals surface area contributed by atoms with E-state index in [1.54, 1.807) is 30.3 Å². The fourth-order valence-corrected chi connectivity index (χ4v) is 3.36. The first kappa shape index (κ1) is 20.2. The predicted molar refractivity (Wildman–Crippen MR) is 115 cm³/mol.